The van der Waals surface area contributed by atoms with Crippen LogP contribution in [0.3, 0.4) is 0 Å². The number of benzene rings is 1. The van der Waals surface area contributed by atoms with E-state index in [1.165, 1.54) is 6.07 Å². The maximum atomic E-state index is 13.1. The SMILES string of the molecule is CC1CC(Nc2ccc(F)c(Br)c2)CN1C. The van der Waals surface area contributed by atoms with Crippen LogP contribution in [0, 0.1) is 5.82 Å². The van der Waals surface area contributed by atoms with Gasteiger partial charge in [-0.3, -0.25) is 0 Å². The van der Waals surface area contributed by atoms with E-state index in [4.69, 9.17) is 0 Å². The number of anilines is 1. The van der Waals surface area contributed by atoms with Gasteiger partial charge in [-0.1, -0.05) is 0 Å². The number of likely N-dealkylation sites (tertiary alicyclic amines) is 1. The second-order valence-corrected chi connectivity index (χ2v) is 5.35. The molecule has 2 atom stereocenters. The molecule has 1 aromatic rings. The monoisotopic (exact) mass is 286 g/mol. The van der Waals surface area contributed by atoms with Crippen LogP contribution in [-0.4, -0.2) is 30.6 Å². The summed E-state index contributed by atoms with van der Waals surface area (Å²) in [4.78, 5) is 2.33. The summed E-state index contributed by atoms with van der Waals surface area (Å²) in [7, 11) is 2.13. The second kappa shape index (κ2) is 4.72. The van der Waals surface area contributed by atoms with Gasteiger partial charge in [-0.05, 0) is 54.5 Å². The van der Waals surface area contributed by atoms with Crippen LogP contribution in [0.5, 0.6) is 0 Å². The van der Waals surface area contributed by atoms with Gasteiger partial charge in [0.05, 0.1) is 4.47 Å². The molecule has 1 fully saturated rings. The van der Waals surface area contributed by atoms with Crippen molar-refractivity contribution in [1.29, 1.82) is 0 Å². The van der Waals surface area contributed by atoms with Gasteiger partial charge in [0.25, 0.3) is 0 Å². The Morgan fingerprint density at radius 1 is 1.50 bits per heavy atom. The van der Waals surface area contributed by atoms with Crippen LogP contribution in [0.15, 0.2) is 22.7 Å². The number of nitrogens with zero attached hydrogens (tertiary/aromatic N) is 1. The predicted octanol–water partition coefficient (Wildman–Crippen LogP) is 3.09. The number of halogens is 2. The molecule has 1 aliphatic rings. The summed E-state index contributed by atoms with van der Waals surface area (Å²) < 4.78 is 13.6. The van der Waals surface area contributed by atoms with Gasteiger partial charge < -0.3 is 10.2 Å². The largest absolute Gasteiger partial charge is 0.381 e. The highest BCUT2D eigenvalue weighted by Crippen LogP contribution is 2.23. The van der Waals surface area contributed by atoms with Gasteiger partial charge >= 0.3 is 0 Å². The van der Waals surface area contributed by atoms with Crippen molar-refractivity contribution in [1.82, 2.24) is 4.90 Å². The average molecular weight is 287 g/mol. The van der Waals surface area contributed by atoms with Gasteiger partial charge in [-0.25, -0.2) is 4.39 Å². The average Bonchev–Trinajstić information content (AvgIpc) is 2.52. The molecule has 1 saturated heterocycles. The first-order chi connectivity index (χ1) is 7.56. The fourth-order valence-corrected chi connectivity index (χ4v) is 2.50. The number of likely N-dealkylation sites (N-methyl/N-ethyl adjacent to an activating group) is 1. The number of nitrogens with one attached hydrogen (secondary N) is 1. The first-order valence-electron chi connectivity index (χ1n) is 5.48. The Bertz CT molecular complexity index is 373. The first-order valence-corrected chi connectivity index (χ1v) is 6.27. The summed E-state index contributed by atoms with van der Waals surface area (Å²) in [5, 5.41) is 3.43. The van der Waals surface area contributed by atoms with E-state index in [1.807, 2.05) is 0 Å². The Kier molecular flexibility index (Phi) is 3.50. The lowest BCUT2D eigenvalue weighted by molar-refractivity contribution is 0.330. The maximum absolute atomic E-state index is 13.1. The van der Waals surface area contributed by atoms with Crippen LogP contribution in [0.4, 0.5) is 10.1 Å². The van der Waals surface area contributed by atoms with E-state index in [-0.39, 0.29) is 5.82 Å². The van der Waals surface area contributed by atoms with Gasteiger partial charge in [0.1, 0.15) is 5.82 Å². The molecule has 0 bridgehead atoms. The molecular formula is C12H16BrFN2. The number of hydrogen-bond donors (Lipinski definition) is 1. The zero-order chi connectivity index (χ0) is 11.7. The minimum atomic E-state index is -0.220. The van der Waals surface area contributed by atoms with Gasteiger partial charge in [0.15, 0.2) is 0 Å². The molecule has 0 spiro atoms. The van der Waals surface area contributed by atoms with Crippen LogP contribution in [0.25, 0.3) is 0 Å². The van der Waals surface area contributed by atoms with E-state index in [0.717, 1.165) is 18.7 Å². The van der Waals surface area contributed by atoms with E-state index < -0.39 is 0 Å². The highest BCUT2D eigenvalue weighted by molar-refractivity contribution is 9.10. The Hall–Kier alpha value is -0.610. The molecule has 16 heavy (non-hydrogen) atoms. The number of rotatable bonds is 2. The molecule has 2 rings (SSSR count). The van der Waals surface area contributed by atoms with E-state index in [2.05, 4.69) is 40.1 Å². The van der Waals surface area contributed by atoms with Crippen LogP contribution in [0.2, 0.25) is 0 Å². The zero-order valence-electron chi connectivity index (χ0n) is 9.50. The quantitative estimate of drug-likeness (QED) is 0.899. The van der Waals surface area contributed by atoms with Gasteiger partial charge in [-0.2, -0.15) is 0 Å². The molecule has 1 aromatic carbocycles. The topological polar surface area (TPSA) is 15.3 Å². The lowest BCUT2D eigenvalue weighted by Gasteiger charge is -2.14. The highest BCUT2D eigenvalue weighted by Gasteiger charge is 2.25. The molecule has 88 valence electrons. The summed E-state index contributed by atoms with van der Waals surface area (Å²) >= 11 is 3.19. The van der Waals surface area contributed by atoms with Crippen molar-refractivity contribution in [2.75, 3.05) is 18.9 Å². The molecule has 0 radical (unpaired) electrons. The molecule has 0 amide bonds. The van der Waals surface area contributed by atoms with Crippen molar-refractivity contribution in [3.63, 3.8) is 0 Å². The van der Waals surface area contributed by atoms with Crippen molar-refractivity contribution in [2.24, 2.45) is 0 Å². The molecule has 1 N–H and O–H groups in total. The van der Waals surface area contributed by atoms with Crippen molar-refractivity contribution >= 4 is 21.6 Å². The lowest BCUT2D eigenvalue weighted by Crippen LogP contribution is -2.24. The van der Waals surface area contributed by atoms with Crippen LogP contribution in [0.1, 0.15) is 13.3 Å². The third-order valence-corrected chi connectivity index (χ3v) is 3.78. The standard InChI is InChI=1S/C12H16BrFN2/c1-8-5-10(7-16(8)2)15-9-3-4-12(14)11(13)6-9/h3-4,6,8,10,15H,5,7H2,1-2H3. The second-order valence-electron chi connectivity index (χ2n) is 4.49. The summed E-state index contributed by atoms with van der Waals surface area (Å²) in [5.41, 5.74) is 0.973. The molecule has 1 aliphatic heterocycles. The van der Waals surface area contributed by atoms with E-state index in [1.54, 1.807) is 12.1 Å². The summed E-state index contributed by atoms with van der Waals surface area (Å²) in [5.74, 6) is -0.220. The molecule has 2 nitrogen and oxygen atoms in total. The predicted molar refractivity (Wildman–Crippen MR) is 68.2 cm³/mol. The molecule has 0 aromatic heterocycles. The van der Waals surface area contributed by atoms with Crippen LogP contribution in [-0.2, 0) is 0 Å². The van der Waals surface area contributed by atoms with Gasteiger partial charge in [0.2, 0.25) is 0 Å². The lowest BCUT2D eigenvalue weighted by atomic mass is 10.2. The van der Waals surface area contributed by atoms with Crippen LogP contribution < -0.4 is 5.32 Å². The van der Waals surface area contributed by atoms with E-state index >= 15 is 0 Å². The van der Waals surface area contributed by atoms with Gasteiger partial charge in [-0.15, -0.1) is 0 Å². The fourth-order valence-electron chi connectivity index (χ4n) is 2.12. The third-order valence-electron chi connectivity index (χ3n) is 3.18. The normalized spacial score (nSPS) is 26.0. The Morgan fingerprint density at radius 2 is 2.25 bits per heavy atom. The van der Waals surface area contributed by atoms with Crippen molar-refractivity contribution in [3.05, 3.63) is 28.5 Å². The first kappa shape index (κ1) is 11.9. The molecule has 1 heterocycles. The molecule has 4 heteroatoms. The minimum absolute atomic E-state index is 0.220. The summed E-state index contributed by atoms with van der Waals surface area (Å²) in [6.45, 7) is 3.26. The molecular weight excluding hydrogens is 271 g/mol. The van der Waals surface area contributed by atoms with Crippen molar-refractivity contribution in [3.8, 4) is 0 Å². The molecule has 2 unspecified atom stereocenters. The number of hydrogen-bond acceptors (Lipinski definition) is 2. The Labute approximate surface area is 104 Å². The van der Waals surface area contributed by atoms with Crippen molar-refractivity contribution in [2.45, 2.75) is 25.4 Å². The summed E-state index contributed by atoms with van der Waals surface area (Å²) in [6.07, 6.45) is 1.13. The maximum Gasteiger partial charge on any atom is 0.137 e. The fraction of sp³-hybridized carbons (Fsp3) is 0.500. The molecule has 0 saturated carbocycles. The van der Waals surface area contributed by atoms with Crippen LogP contribution >= 0.6 is 15.9 Å². The summed E-state index contributed by atoms with van der Waals surface area (Å²) in [6, 6.07) is 6.12. The Balaban J connectivity index is 2.02. The Morgan fingerprint density at radius 3 is 2.81 bits per heavy atom. The zero-order valence-corrected chi connectivity index (χ0v) is 11.1. The minimum Gasteiger partial charge on any atom is -0.381 e. The third kappa shape index (κ3) is 2.55. The molecule has 0 aliphatic carbocycles. The van der Waals surface area contributed by atoms with Gasteiger partial charge in [0, 0.05) is 24.3 Å². The smallest absolute Gasteiger partial charge is 0.137 e. The van der Waals surface area contributed by atoms with Crippen molar-refractivity contribution < 1.29 is 4.39 Å². The van der Waals surface area contributed by atoms with E-state index in [9.17, 15) is 4.39 Å². The van der Waals surface area contributed by atoms with E-state index in [0.29, 0.717) is 16.6 Å². The highest BCUT2D eigenvalue weighted by atomic mass is 79.9.